The van der Waals surface area contributed by atoms with E-state index in [9.17, 15) is 0 Å². The molecule has 24 heavy (non-hydrogen) atoms. The highest BCUT2D eigenvalue weighted by Gasteiger charge is 2.28. The van der Waals surface area contributed by atoms with E-state index in [1.807, 2.05) is 0 Å². The van der Waals surface area contributed by atoms with Crippen molar-refractivity contribution in [3.63, 3.8) is 0 Å². The van der Waals surface area contributed by atoms with Gasteiger partial charge in [-0.2, -0.15) is 0 Å². The number of nitrogens with one attached hydrogen (secondary N) is 1. The number of rotatable bonds is 3. The van der Waals surface area contributed by atoms with Crippen molar-refractivity contribution in [2.24, 2.45) is 0 Å². The Morgan fingerprint density at radius 2 is 1.79 bits per heavy atom. The molecule has 2 aromatic carbocycles. The molecule has 0 unspecified atom stereocenters. The number of hydrogen-bond donors (Lipinski definition) is 1. The molecule has 0 aliphatic carbocycles. The van der Waals surface area contributed by atoms with Crippen LogP contribution in [0.3, 0.4) is 0 Å². The van der Waals surface area contributed by atoms with E-state index in [2.05, 4.69) is 83.7 Å². The van der Waals surface area contributed by atoms with Gasteiger partial charge in [0.05, 0.1) is 6.04 Å². The van der Waals surface area contributed by atoms with E-state index in [1.165, 1.54) is 11.1 Å². The number of hydrogen-bond acceptors (Lipinski definition) is 2. The molecule has 0 radical (unpaired) electrons. The number of piperazine rings is 1. The van der Waals surface area contributed by atoms with Gasteiger partial charge in [-0.1, -0.05) is 49.4 Å². The van der Waals surface area contributed by atoms with Crippen LogP contribution < -0.4 is 5.32 Å². The van der Waals surface area contributed by atoms with Gasteiger partial charge >= 0.3 is 0 Å². The third-order valence-corrected chi connectivity index (χ3v) is 4.98. The van der Waals surface area contributed by atoms with E-state index >= 15 is 0 Å². The van der Waals surface area contributed by atoms with Gasteiger partial charge in [-0.25, -0.2) is 0 Å². The van der Waals surface area contributed by atoms with Gasteiger partial charge in [-0.3, -0.25) is 0 Å². The first-order valence-electron chi connectivity index (χ1n) is 8.57. The van der Waals surface area contributed by atoms with Crippen molar-refractivity contribution in [3.8, 4) is 0 Å². The van der Waals surface area contributed by atoms with Crippen LogP contribution in [0.4, 0.5) is 5.69 Å². The van der Waals surface area contributed by atoms with Crippen LogP contribution in [0.15, 0.2) is 54.6 Å². The summed E-state index contributed by atoms with van der Waals surface area (Å²) >= 11 is 5.73. The summed E-state index contributed by atoms with van der Waals surface area (Å²) in [6, 6.07) is 19.5. The third kappa shape index (κ3) is 3.94. The topological polar surface area (TPSA) is 18.5 Å². The lowest BCUT2D eigenvalue weighted by Gasteiger charge is -2.41. The highest BCUT2D eigenvalue weighted by molar-refractivity contribution is 7.80. The van der Waals surface area contributed by atoms with Crippen LogP contribution >= 0.6 is 12.2 Å². The van der Waals surface area contributed by atoms with Gasteiger partial charge in [0.2, 0.25) is 0 Å². The van der Waals surface area contributed by atoms with Crippen LogP contribution in [-0.4, -0.2) is 41.6 Å². The Morgan fingerprint density at radius 3 is 2.46 bits per heavy atom. The maximum atomic E-state index is 5.73. The fourth-order valence-electron chi connectivity index (χ4n) is 3.14. The van der Waals surface area contributed by atoms with Crippen molar-refractivity contribution in [1.82, 2.24) is 9.80 Å². The lowest BCUT2D eigenvalue weighted by atomic mass is 10.0. The zero-order valence-corrected chi connectivity index (χ0v) is 15.2. The number of benzene rings is 2. The summed E-state index contributed by atoms with van der Waals surface area (Å²) in [7, 11) is 2.17. The molecule has 0 bridgehead atoms. The summed E-state index contributed by atoms with van der Waals surface area (Å²) in [5, 5.41) is 4.22. The summed E-state index contributed by atoms with van der Waals surface area (Å²) < 4.78 is 0. The Bertz CT molecular complexity index is 669. The summed E-state index contributed by atoms with van der Waals surface area (Å²) in [4.78, 5) is 4.69. The van der Waals surface area contributed by atoms with Crippen LogP contribution in [0.1, 0.15) is 24.1 Å². The Morgan fingerprint density at radius 1 is 1.08 bits per heavy atom. The number of likely N-dealkylation sites (N-methyl/N-ethyl adjacent to an activating group) is 1. The molecule has 1 aliphatic rings. The van der Waals surface area contributed by atoms with Gasteiger partial charge in [0, 0.05) is 25.3 Å². The second kappa shape index (κ2) is 7.77. The minimum Gasteiger partial charge on any atom is -0.339 e. The highest BCUT2D eigenvalue weighted by atomic mass is 32.1. The first-order valence-corrected chi connectivity index (χ1v) is 8.98. The SMILES string of the molecule is CCc1ccc(NC(=S)N2CCN(C)C[C@H]2c2ccccc2)cc1. The lowest BCUT2D eigenvalue weighted by Crippen LogP contribution is -2.50. The standard InChI is InChI=1S/C20H25N3S/c1-3-16-9-11-18(12-10-16)21-20(24)23-14-13-22(2)15-19(23)17-7-5-4-6-8-17/h4-12,19H,3,13-15H2,1-2H3,(H,21,24)/t19-/m0/s1. The summed E-state index contributed by atoms with van der Waals surface area (Å²) in [6.45, 7) is 5.12. The average Bonchev–Trinajstić information content (AvgIpc) is 2.63. The van der Waals surface area contributed by atoms with Crippen molar-refractivity contribution >= 4 is 23.0 Å². The average molecular weight is 340 g/mol. The molecule has 3 nitrogen and oxygen atoms in total. The highest BCUT2D eigenvalue weighted by Crippen LogP contribution is 2.25. The zero-order valence-electron chi connectivity index (χ0n) is 14.4. The predicted octanol–water partition coefficient (Wildman–Crippen LogP) is 3.93. The van der Waals surface area contributed by atoms with Crippen LogP contribution in [0.5, 0.6) is 0 Å². The van der Waals surface area contributed by atoms with Gasteiger partial charge in [0.1, 0.15) is 0 Å². The minimum absolute atomic E-state index is 0.292. The van der Waals surface area contributed by atoms with Crippen molar-refractivity contribution in [3.05, 3.63) is 65.7 Å². The van der Waals surface area contributed by atoms with Gasteiger partial charge in [0.15, 0.2) is 5.11 Å². The molecule has 0 aromatic heterocycles. The molecule has 0 amide bonds. The maximum absolute atomic E-state index is 5.73. The van der Waals surface area contributed by atoms with Crippen LogP contribution in [0, 0.1) is 0 Å². The predicted molar refractivity (Wildman–Crippen MR) is 105 cm³/mol. The minimum atomic E-state index is 0.292. The third-order valence-electron chi connectivity index (χ3n) is 4.64. The van der Waals surface area contributed by atoms with Crippen molar-refractivity contribution in [2.45, 2.75) is 19.4 Å². The molecule has 3 rings (SSSR count). The van der Waals surface area contributed by atoms with Crippen LogP contribution in [-0.2, 0) is 6.42 Å². The Kier molecular flexibility index (Phi) is 5.48. The number of aryl methyl sites for hydroxylation is 1. The summed E-state index contributed by atoms with van der Waals surface area (Å²) in [5.74, 6) is 0. The van der Waals surface area contributed by atoms with Crippen molar-refractivity contribution < 1.29 is 0 Å². The molecule has 1 fully saturated rings. The molecule has 1 atom stereocenters. The molecule has 1 N–H and O–H groups in total. The Balaban J connectivity index is 1.75. The second-order valence-corrected chi connectivity index (χ2v) is 6.75. The van der Waals surface area contributed by atoms with E-state index in [1.54, 1.807) is 0 Å². The molecule has 1 aliphatic heterocycles. The van der Waals surface area contributed by atoms with Gasteiger partial charge in [-0.15, -0.1) is 0 Å². The van der Waals surface area contributed by atoms with E-state index in [0.29, 0.717) is 6.04 Å². The second-order valence-electron chi connectivity index (χ2n) is 6.36. The number of nitrogens with zero attached hydrogens (tertiary/aromatic N) is 2. The van der Waals surface area contributed by atoms with Gasteiger partial charge < -0.3 is 15.1 Å². The van der Waals surface area contributed by atoms with Gasteiger partial charge in [-0.05, 0) is 48.9 Å². The molecular formula is C20H25N3S. The van der Waals surface area contributed by atoms with Crippen molar-refractivity contribution in [1.29, 1.82) is 0 Å². The largest absolute Gasteiger partial charge is 0.339 e. The van der Waals surface area contributed by atoms with E-state index in [-0.39, 0.29) is 0 Å². The van der Waals surface area contributed by atoms with Crippen molar-refractivity contribution in [2.75, 3.05) is 32.0 Å². The molecule has 4 heteroatoms. The fraction of sp³-hybridized carbons (Fsp3) is 0.350. The van der Waals surface area contributed by atoms with Crippen LogP contribution in [0.2, 0.25) is 0 Å². The maximum Gasteiger partial charge on any atom is 0.174 e. The number of anilines is 1. The quantitative estimate of drug-likeness (QED) is 0.854. The molecule has 2 aromatic rings. The Labute approximate surface area is 150 Å². The first-order chi connectivity index (χ1) is 11.7. The summed E-state index contributed by atoms with van der Waals surface area (Å²) in [6.07, 6.45) is 1.05. The zero-order chi connectivity index (χ0) is 16.9. The van der Waals surface area contributed by atoms with Crippen LogP contribution in [0.25, 0.3) is 0 Å². The van der Waals surface area contributed by atoms with E-state index in [0.717, 1.165) is 36.9 Å². The molecule has 0 saturated carbocycles. The molecular weight excluding hydrogens is 314 g/mol. The Hall–Kier alpha value is -1.91. The first kappa shape index (κ1) is 16.9. The molecule has 0 spiro atoms. The summed E-state index contributed by atoms with van der Waals surface area (Å²) in [5.41, 5.74) is 3.71. The van der Waals surface area contributed by atoms with Gasteiger partial charge in [0.25, 0.3) is 0 Å². The molecule has 1 saturated heterocycles. The van der Waals surface area contributed by atoms with E-state index < -0.39 is 0 Å². The molecule has 1 heterocycles. The number of thiocarbonyl (C=S) groups is 1. The fourth-order valence-corrected chi connectivity index (χ4v) is 3.48. The van der Waals surface area contributed by atoms with E-state index in [4.69, 9.17) is 12.2 Å². The monoisotopic (exact) mass is 339 g/mol. The molecule has 126 valence electrons. The smallest absolute Gasteiger partial charge is 0.174 e. The lowest BCUT2D eigenvalue weighted by molar-refractivity contribution is 0.153. The normalized spacial score (nSPS) is 18.4.